The lowest BCUT2D eigenvalue weighted by Gasteiger charge is -2.13. The number of nitro benzene ring substituents is 2. The standard InChI is InChI=1S/C21H18ClN5O7S/c1-13(14-3-9-18(22)20(11-14)27(30)31)23-24-19-10-6-16(26(28)29)12-21(19)35(32,33)25-15-4-7-17(34-2)8-5-15/h3-12,24-25H,1-2H3. The zero-order valence-corrected chi connectivity index (χ0v) is 19.8. The number of nitrogens with zero attached hydrogens (tertiary/aromatic N) is 3. The Balaban J connectivity index is 1.97. The van der Waals surface area contributed by atoms with Gasteiger partial charge in [0, 0.05) is 29.4 Å². The fourth-order valence-electron chi connectivity index (χ4n) is 2.89. The number of sulfonamides is 1. The summed E-state index contributed by atoms with van der Waals surface area (Å²) in [5.74, 6) is 0.512. The molecule has 35 heavy (non-hydrogen) atoms. The fraction of sp³-hybridized carbons (Fsp3) is 0.0952. The normalized spacial score (nSPS) is 11.6. The predicted octanol–water partition coefficient (Wildman–Crippen LogP) is 4.80. The fourth-order valence-corrected chi connectivity index (χ4v) is 4.32. The van der Waals surface area contributed by atoms with E-state index in [-0.39, 0.29) is 27.8 Å². The number of ether oxygens (including phenoxy) is 1. The highest BCUT2D eigenvalue weighted by molar-refractivity contribution is 7.92. The molecule has 0 radical (unpaired) electrons. The second kappa shape index (κ2) is 10.4. The first-order chi connectivity index (χ1) is 16.5. The SMILES string of the molecule is COc1ccc(NS(=O)(=O)c2cc([N+](=O)[O-])ccc2NN=C(C)c2ccc(Cl)c([N+](=O)[O-])c2)cc1. The van der Waals surface area contributed by atoms with Gasteiger partial charge in [-0.25, -0.2) is 8.42 Å². The molecule has 0 aliphatic carbocycles. The van der Waals surface area contributed by atoms with Crippen LogP contribution in [0.2, 0.25) is 5.02 Å². The van der Waals surface area contributed by atoms with Crippen LogP contribution in [0.1, 0.15) is 12.5 Å². The quantitative estimate of drug-likeness (QED) is 0.231. The number of methoxy groups -OCH3 is 1. The molecule has 2 N–H and O–H groups in total. The molecule has 14 heteroatoms. The number of hydrogen-bond donors (Lipinski definition) is 2. The van der Waals surface area contributed by atoms with Crippen LogP contribution in [0, 0.1) is 20.2 Å². The van der Waals surface area contributed by atoms with Gasteiger partial charge in [0.2, 0.25) is 0 Å². The summed E-state index contributed by atoms with van der Waals surface area (Å²) < 4.78 is 33.6. The molecule has 3 aromatic carbocycles. The summed E-state index contributed by atoms with van der Waals surface area (Å²) in [6.07, 6.45) is 0. The molecule has 0 saturated carbocycles. The van der Waals surface area contributed by atoms with Gasteiger partial charge in [0.05, 0.1) is 28.4 Å². The van der Waals surface area contributed by atoms with Crippen molar-refractivity contribution >= 4 is 50.1 Å². The van der Waals surface area contributed by atoms with E-state index in [0.717, 1.165) is 12.1 Å². The molecule has 12 nitrogen and oxygen atoms in total. The van der Waals surface area contributed by atoms with Crippen LogP contribution in [0.25, 0.3) is 0 Å². The van der Waals surface area contributed by atoms with Crippen molar-refractivity contribution in [3.63, 3.8) is 0 Å². The van der Waals surface area contributed by atoms with E-state index in [4.69, 9.17) is 16.3 Å². The molecule has 0 unspecified atom stereocenters. The van der Waals surface area contributed by atoms with Crippen LogP contribution >= 0.6 is 11.6 Å². The predicted molar refractivity (Wildman–Crippen MR) is 131 cm³/mol. The van der Waals surface area contributed by atoms with Gasteiger partial charge in [0.1, 0.15) is 15.7 Å². The third-order valence-electron chi connectivity index (χ3n) is 4.71. The van der Waals surface area contributed by atoms with E-state index >= 15 is 0 Å². The Hall–Kier alpha value is -4.23. The van der Waals surface area contributed by atoms with Crippen molar-refractivity contribution in [2.24, 2.45) is 5.10 Å². The number of non-ortho nitro benzene ring substituents is 1. The van der Waals surface area contributed by atoms with Crippen molar-refractivity contribution in [3.05, 3.63) is 91.5 Å². The number of rotatable bonds is 9. The van der Waals surface area contributed by atoms with Gasteiger partial charge in [-0.3, -0.25) is 30.4 Å². The van der Waals surface area contributed by atoms with E-state index in [9.17, 15) is 28.6 Å². The zero-order chi connectivity index (χ0) is 25.8. The van der Waals surface area contributed by atoms with Gasteiger partial charge in [-0.05, 0) is 43.3 Å². The maximum atomic E-state index is 13.1. The highest BCUT2D eigenvalue weighted by Crippen LogP contribution is 2.29. The van der Waals surface area contributed by atoms with Crippen LogP contribution < -0.4 is 14.9 Å². The molecule has 0 bridgehead atoms. The minimum absolute atomic E-state index is 0.0483. The minimum atomic E-state index is -4.29. The summed E-state index contributed by atoms with van der Waals surface area (Å²) in [5, 5.41) is 26.4. The highest BCUT2D eigenvalue weighted by Gasteiger charge is 2.23. The molecule has 182 valence electrons. The van der Waals surface area contributed by atoms with E-state index in [1.165, 1.54) is 50.4 Å². The van der Waals surface area contributed by atoms with E-state index in [2.05, 4.69) is 15.2 Å². The average Bonchev–Trinajstić information content (AvgIpc) is 2.82. The Morgan fingerprint density at radius 2 is 1.69 bits per heavy atom. The summed E-state index contributed by atoms with van der Waals surface area (Å²) in [6, 6.07) is 13.3. The monoisotopic (exact) mass is 519 g/mol. The molecule has 0 aliphatic heterocycles. The van der Waals surface area contributed by atoms with Gasteiger partial charge in [-0.2, -0.15) is 5.10 Å². The molecule has 0 saturated heterocycles. The van der Waals surface area contributed by atoms with Crippen molar-refractivity contribution in [2.45, 2.75) is 11.8 Å². The molecular weight excluding hydrogens is 502 g/mol. The van der Waals surface area contributed by atoms with Crippen LogP contribution in [0.4, 0.5) is 22.7 Å². The molecule has 0 heterocycles. The lowest BCUT2D eigenvalue weighted by Crippen LogP contribution is -2.15. The number of nitrogens with one attached hydrogen (secondary N) is 2. The Bertz CT molecular complexity index is 1430. The smallest absolute Gasteiger partial charge is 0.288 e. The molecule has 0 aromatic heterocycles. The van der Waals surface area contributed by atoms with E-state index in [1.807, 2.05) is 0 Å². The second-order valence-electron chi connectivity index (χ2n) is 7.00. The number of hydrazone groups is 1. The van der Waals surface area contributed by atoms with Gasteiger partial charge >= 0.3 is 0 Å². The number of anilines is 2. The van der Waals surface area contributed by atoms with Crippen LogP contribution in [0.15, 0.2) is 70.7 Å². The summed E-state index contributed by atoms with van der Waals surface area (Å²) in [5.41, 5.74) is 2.59. The third-order valence-corrected chi connectivity index (χ3v) is 6.45. The molecule has 0 spiro atoms. The van der Waals surface area contributed by atoms with Gasteiger partial charge < -0.3 is 4.74 Å². The van der Waals surface area contributed by atoms with Crippen molar-refractivity contribution < 1.29 is 23.0 Å². The van der Waals surface area contributed by atoms with Gasteiger partial charge in [0.25, 0.3) is 21.4 Å². The van der Waals surface area contributed by atoms with Gasteiger partial charge in [0.15, 0.2) is 0 Å². The number of hydrogen-bond acceptors (Lipinski definition) is 9. The molecule has 0 atom stereocenters. The summed E-state index contributed by atoms with van der Waals surface area (Å²) in [7, 11) is -2.83. The summed E-state index contributed by atoms with van der Waals surface area (Å²) >= 11 is 5.83. The lowest BCUT2D eigenvalue weighted by molar-refractivity contribution is -0.385. The first-order valence-electron chi connectivity index (χ1n) is 9.72. The average molecular weight is 520 g/mol. The van der Waals surface area contributed by atoms with Crippen molar-refractivity contribution in [1.29, 1.82) is 0 Å². The highest BCUT2D eigenvalue weighted by atomic mass is 35.5. The largest absolute Gasteiger partial charge is 0.497 e. The van der Waals surface area contributed by atoms with E-state index in [0.29, 0.717) is 11.3 Å². The minimum Gasteiger partial charge on any atom is -0.497 e. The number of nitro groups is 2. The van der Waals surface area contributed by atoms with Gasteiger partial charge in [-0.15, -0.1) is 0 Å². The second-order valence-corrected chi connectivity index (χ2v) is 9.06. The summed E-state index contributed by atoms with van der Waals surface area (Å²) in [4.78, 5) is 20.6. The van der Waals surface area contributed by atoms with Crippen molar-refractivity contribution in [2.75, 3.05) is 17.3 Å². The number of halogens is 1. The van der Waals surface area contributed by atoms with Crippen LogP contribution in [0.5, 0.6) is 5.75 Å². The Labute approximate surface area is 204 Å². The van der Waals surface area contributed by atoms with Crippen LogP contribution in [0.3, 0.4) is 0 Å². The van der Waals surface area contributed by atoms with E-state index < -0.39 is 30.5 Å². The Morgan fingerprint density at radius 3 is 2.29 bits per heavy atom. The molecule has 0 aliphatic rings. The Kier molecular flexibility index (Phi) is 7.52. The van der Waals surface area contributed by atoms with Crippen LogP contribution in [-0.4, -0.2) is 31.1 Å². The maximum absolute atomic E-state index is 13.1. The van der Waals surface area contributed by atoms with Crippen molar-refractivity contribution in [3.8, 4) is 5.75 Å². The third kappa shape index (κ3) is 6.02. The first kappa shape index (κ1) is 25.4. The molecule has 0 fully saturated rings. The van der Waals surface area contributed by atoms with E-state index in [1.54, 1.807) is 12.1 Å². The topological polar surface area (TPSA) is 166 Å². The molecule has 0 amide bonds. The molecule has 3 rings (SSSR count). The number of benzene rings is 3. The summed E-state index contributed by atoms with van der Waals surface area (Å²) in [6.45, 7) is 1.54. The van der Waals surface area contributed by atoms with Crippen molar-refractivity contribution in [1.82, 2.24) is 0 Å². The first-order valence-corrected chi connectivity index (χ1v) is 11.6. The van der Waals surface area contributed by atoms with Crippen LogP contribution in [-0.2, 0) is 10.0 Å². The molecular formula is C21H18ClN5O7S. The van der Waals surface area contributed by atoms with Gasteiger partial charge in [-0.1, -0.05) is 17.7 Å². The zero-order valence-electron chi connectivity index (χ0n) is 18.3. The lowest BCUT2D eigenvalue weighted by atomic mass is 10.1. The maximum Gasteiger partial charge on any atom is 0.288 e. The molecule has 3 aromatic rings. The Morgan fingerprint density at radius 1 is 1.00 bits per heavy atom.